The van der Waals surface area contributed by atoms with Crippen LogP contribution in [0.25, 0.3) is 0 Å². The first kappa shape index (κ1) is 11.0. The van der Waals surface area contributed by atoms with Crippen LogP contribution in [0.1, 0.15) is 13.3 Å². The van der Waals surface area contributed by atoms with E-state index < -0.39 is 18.0 Å². The Morgan fingerprint density at radius 1 is 1.67 bits per heavy atom. The molecule has 0 aliphatic rings. The zero-order chi connectivity index (χ0) is 11.3. The van der Waals surface area contributed by atoms with Crippen molar-refractivity contribution in [2.24, 2.45) is 0 Å². The third-order valence-corrected chi connectivity index (χ3v) is 1.77. The van der Waals surface area contributed by atoms with Gasteiger partial charge in [-0.25, -0.2) is 9.59 Å². The number of hydrogen-bond donors (Lipinski definition) is 4. The molecule has 0 saturated heterocycles. The molecule has 0 spiro atoms. The molecule has 7 nitrogen and oxygen atoms in total. The van der Waals surface area contributed by atoms with Crippen molar-refractivity contribution in [1.29, 1.82) is 0 Å². The van der Waals surface area contributed by atoms with Gasteiger partial charge in [0, 0.05) is 6.20 Å². The predicted molar refractivity (Wildman–Crippen MR) is 52.5 cm³/mol. The van der Waals surface area contributed by atoms with Crippen LogP contribution in [0.15, 0.2) is 12.4 Å². The second-order valence-electron chi connectivity index (χ2n) is 2.88. The van der Waals surface area contributed by atoms with Gasteiger partial charge in [-0.05, 0) is 6.42 Å². The molecule has 0 saturated carbocycles. The maximum atomic E-state index is 11.3. The first-order valence-corrected chi connectivity index (χ1v) is 4.42. The third-order valence-electron chi connectivity index (χ3n) is 1.77. The van der Waals surface area contributed by atoms with Gasteiger partial charge in [0.05, 0.1) is 11.9 Å². The number of anilines is 1. The van der Waals surface area contributed by atoms with E-state index in [2.05, 4.69) is 20.8 Å². The Kier molecular flexibility index (Phi) is 3.67. The fourth-order valence-electron chi connectivity index (χ4n) is 0.983. The Morgan fingerprint density at radius 3 is 2.87 bits per heavy atom. The highest BCUT2D eigenvalue weighted by Crippen LogP contribution is 2.00. The number of rotatable bonds is 4. The van der Waals surface area contributed by atoms with Crippen LogP contribution in [0.4, 0.5) is 10.5 Å². The number of nitrogens with zero attached hydrogens (tertiary/aromatic N) is 1. The van der Waals surface area contributed by atoms with Crippen molar-refractivity contribution in [3.8, 4) is 0 Å². The number of nitrogens with one attached hydrogen (secondary N) is 3. The van der Waals surface area contributed by atoms with Crippen molar-refractivity contribution in [2.45, 2.75) is 19.4 Å². The van der Waals surface area contributed by atoms with E-state index in [9.17, 15) is 9.59 Å². The molecule has 0 bridgehead atoms. The number of H-pyrrole nitrogens is 1. The van der Waals surface area contributed by atoms with Crippen LogP contribution < -0.4 is 10.6 Å². The Hall–Kier alpha value is -2.05. The molecule has 1 aromatic heterocycles. The number of amides is 2. The minimum atomic E-state index is -1.06. The second-order valence-corrected chi connectivity index (χ2v) is 2.88. The predicted octanol–water partition coefficient (Wildman–Crippen LogP) is 0.394. The lowest BCUT2D eigenvalue weighted by atomic mass is 10.2. The molecule has 1 rings (SSSR count). The highest BCUT2D eigenvalue weighted by Gasteiger charge is 2.17. The summed E-state index contributed by atoms with van der Waals surface area (Å²) in [5.74, 6) is -1.06. The maximum absolute atomic E-state index is 11.3. The summed E-state index contributed by atoms with van der Waals surface area (Å²) in [6.07, 6.45) is 3.23. The molecule has 1 aromatic rings. The van der Waals surface area contributed by atoms with Gasteiger partial charge in [0.1, 0.15) is 6.04 Å². The molecule has 4 N–H and O–H groups in total. The minimum absolute atomic E-state index is 0.328. The van der Waals surface area contributed by atoms with Gasteiger partial charge in [0.15, 0.2) is 0 Å². The fraction of sp³-hybridized carbons (Fsp3) is 0.375. The molecule has 0 fully saturated rings. The highest BCUT2D eigenvalue weighted by atomic mass is 16.4. The van der Waals surface area contributed by atoms with Crippen LogP contribution >= 0.6 is 0 Å². The number of aliphatic carboxylic acids is 1. The molecule has 0 aliphatic carbocycles. The third kappa shape index (κ3) is 3.29. The van der Waals surface area contributed by atoms with Gasteiger partial charge < -0.3 is 15.7 Å². The Morgan fingerprint density at radius 2 is 2.40 bits per heavy atom. The number of aromatic amines is 1. The minimum Gasteiger partial charge on any atom is -0.480 e. The van der Waals surface area contributed by atoms with Gasteiger partial charge in [0.25, 0.3) is 0 Å². The maximum Gasteiger partial charge on any atom is 0.326 e. The van der Waals surface area contributed by atoms with Gasteiger partial charge in [-0.2, -0.15) is 5.10 Å². The van der Waals surface area contributed by atoms with Crippen molar-refractivity contribution in [2.75, 3.05) is 5.32 Å². The van der Waals surface area contributed by atoms with Gasteiger partial charge in [0.2, 0.25) is 0 Å². The van der Waals surface area contributed by atoms with E-state index in [1.54, 1.807) is 6.92 Å². The fourth-order valence-corrected chi connectivity index (χ4v) is 0.983. The highest BCUT2D eigenvalue weighted by molar-refractivity contribution is 5.91. The van der Waals surface area contributed by atoms with E-state index in [0.29, 0.717) is 12.1 Å². The zero-order valence-corrected chi connectivity index (χ0v) is 8.15. The molecule has 2 amide bonds. The smallest absolute Gasteiger partial charge is 0.326 e. The summed E-state index contributed by atoms with van der Waals surface area (Å²) >= 11 is 0. The van der Waals surface area contributed by atoms with Crippen molar-refractivity contribution < 1.29 is 14.7 Å². The van der Waals surface area contributed by atoms with Crippen LogP contribution in [0, 0.1) is 0 Å². The summed E-state index contributed by atoms with van der Waals surface area (Å²) in [6, 6.07) is -1.44. The first-order valence-electron chi connectivity index (χ1n) is 4.42. The number of aromatic nitrogens is 2. The molecule has 1 atom stereocenters. The zero-order valence-electron chi connectivity index (χ0n) is 8.15. The largest absolute Gasteiger partial charge is 0.480 e. The quantitative estimate of drug-likeness (QED) is 0.579. The van der Waals surface area contributed by atoms with Gasteiger partial charge in [-0.15, -0.1) is 0 Å². The number of carbonyl (C=O) groups excluding carboxylic acids is 1. The van der Waals surface area contributed by atoms with Crippen molar-refractivity contribution in [3.05, 3.63) is 12.4 Å². The number of urea groups is 1. The van der Waals surface area contributed by atoms with Crippen LogP contribution in [-0.4, -0.2) is 33.3 Å². The first-order chi connectivity index (χ1) is 7.13. The van der Waals surface area contributed by atoms with Crippen LogP contribution in [0.2, 0.25) is 0 Å². The summed E-state index contributed by atoms with van der Waals surface area (Å²) in [5.41, 5.74) is 0.479. The van der Waals surface area contributed by atoms with E-state index in [-0.39, 0.29) is 0 Å². The van der Waals surface area contributed by atoms with E-state index in [4.69, 9.17) is 5.11 Å². The van der Waals surface area contributed by atoms with Gasteiger partial charge in [-0.1, -0.05) is 6.92 Å². The standard InChI is InChI=1S/C8H12N4O3/c1-2-6(7(13)14)12-8(15)11-5-3-9-10-4-5/h3-4,6H,2H2,1H3,(H,9,10)(H,13,14)(H2,11,12,15)/t6-/m0/s1. The monoisotopic (exact) mass is 212 g/mol. The number of carboxylic acid groups (broad SMARTS) is 1. The molecule has 0 aliphatic heterocycles. The summed E-state index contributed by atoms with van der Waals surface area (Å²) in [6.45, 7) is 1.68. The van der Waals surface area contributed by atoms with Crippen LogP contribution in [-0.2, 0) is 4.79 Å². The molecule has 82 valence electrons. The van der Waals surface area contributed by atoms with E-state index >= 15 is 0 Å². The molecular formula is C8H12N4O3. The molecule has 1 heterocycles. The molecule has 7 heteroatoms. The number of hydrogen-bond acceptors (Lipinski definition) is 3. The lowest BCUT2D eigenvalue weighted by Crippen LogP contribution is -2.42. The Balaban J connectivity index is 2.45. The molecule has 0 aromatic carbocycles. The van der Waals surface area contributed by atoms with Crippen molar-refractivity contribution >= 4 is 17.7 Å². The van der Waals surface area contributed by atoms with Gasteiger partial charge >= 0.3 is 12.0 Å². The summed E-state index contributed by atoms with van der Waals surface area (Å²) in [5, 5.41) is 19.6. The molecule has 15 heavy (non-hydrogen) atoms. The van der Waals surface area contributed by atoms with Crippen LogP contribution in [0.3, 0.4) is 0 Å². The van der Waals surface area contributed by atoms with E-state index in [1.807, 2.05) is 0 Å². The van der Waals surface area contributed by atoms with Gasteiger partial charge in [-0.3, -0.25) is 5.10 Å². The Labute approximate surface area is 85.9 Å². The average Bonchev–Trinajstić information content (AvgIpc) is 2.66. The lowest BCUT2D eigenvalue weighted by Gasteiger charge is -2.11. The van der Waals surface area contributed by atoms with Crippen molar-refractivity contribution in [1.82, 2.24) is 15.5 Å². The Bertz CT molecular complexity index is 336. The summed E-state index contributed by atoms with van der Waals surface area (Å²) in [4.78, 5) is 21.9. The van der Waals surface area contributed by atoms with E-state index in [1.165, 1.54) is 12.4 Å². The summed E-state index contributed by atoms with van der Waals surface area (Å²) < 4.78 is 0. The van der Waals surface area contributed by atoms with E-state index in [0.717, 1.165) is 0 Å². The number of carboxylic acids is 1. The molecule has 0 radical (unpaired) electrons. The normalized spacial score (nSPS) is 11.8. The topological polar surface area (TPSA) is 107 Å². The average molecular weight is 212 g/mol. The summed E-state index contributed by atoms with van der Waals surface area (Å²) in [7, 11) is 0. The lowest BCUT2D eigenvalue weighted by molar-refractivity contribution is -0.139. The van der Waals surface area contributed by atoms with Crippen LogP contribution in [0.5, 0.6) is 0 Å². The number of carbonyl (C=O) groups is 2. The van der Waals surface area contributed by atoms with Crippen molar-refractivity contribution in [3.63, 3.8) is 0 Å². The molecule has 0 unspecified atom stereocenters. The molecular weight excluding hydrogens is 200 g/mol. The second kappa shape index (κ2) is 4.99. The SMILES string of the molecule is CC[C@H](NC(=O)Nc1cn[nH]c1)C(=O)O.